The molecule has 6 heteroatoms. The molecule has 15 heavy (non-hydrogen) atoms. The molecule has 0 aliphatic rings. The summed E-state index contributed by atoms with van der Waals surface area (Å²) in [4.78, 5) is 4.84. The largest absolute Gasteiger partial charge is 0.395 e. The average molecular weight is 241 g/mol. The zero-order valence-electron chi connectivity index (χ0n) is 7.90. The van der Waals surface area contributed by atoms with Gasteiger partial charge in [-0.15, -0.1) is 0 Å². The number of para-hydroxylation sites is 1. The van der Waals surface area contributed by atoms with Crippen molar-refractivity contribution < 1.29 is 4.39 Å². The number of hydrogen-bond acceptors (Lipinski definition) is 5. The van der Waals surface area contributed by atoms with Gasteiger partial charge in [0.05, 0.1) is 5.69 Å². The van der Waals surface area contributed by atoms with E-state index >= 15 is 0 Å². The molecule has 2 N–H and O–H groups in total. The third-order valence-corrected chi connectivity index (χ3v) is 3.64. The summed E-state index contributed by atoms with van der Waals surface area (Å²) in [5, 5.41) is 0. The summed E-state index contributed by atoms with van der Waals surface area (Å²) in [5.41, 5.74) is 5.76. The van der Waals surface area contributed by atoms with Gasteiger partial charge in [0, 0.05) is 4.90 Å². The van der Waals surface area contributed by atoms with Crippen molar-refractivity contribution in [3.05, 3.63) is 29.8 Å². The lowest BCUT2D eigenvalue weighted by atomic mass is 10.3. The van der Waals surface area contributed by atoms with E-state index in [9.17, 15) is 4.39 Å². The van der Waals surface area contributed by atoms with Gasteiger partial charge in [-0.25, -0.2) is 9.37 Å². The highest BCUT2D eigenvalue weighted by atomic mass is 32.2. The van der Waals surface area contributed by atoms with E-state index in [1.54, 1.807) is 12.1 Å². The molecular formula is C9H8FN3S2. The van der Waals surface area contributed by atoms with Gasteiger partial charge in [0.2, 0.25) is 0 Å². The van der Waals surface area contributed by atoms with Gasteiger partial charge in [-0.2, -0.15) is 4.37 Å². The first-order valence-corrected chi connectivity index (χ1v) is 5.78. The van der Waals surface area contributed by atoms with E-state index in [1.807, 2.05) is 6.92 Å². The van der Waals surface area contributed by atoms with Gasteiger partial charge in [-0.05, 0) is 30.6 Å². The Morgan fingerprint density at radius 2 is 2.27 bits per heavy atom. The monoisotopic (exact) mass is 241 g/mol. The van der Waals surface area contributed by atoms with E-state index in [1.165, 1.54) is 29.4 Å². The molecule has 0 atom stereocenters. The third-order valence-electron chi connectivity index (χ3n) is 1.72. The molecule has 0 bridgehead atoms. The van der Waals surface area contributed by atoms with Gasteiger partial charge < -0.3 is 5.73 Å². The minimum atomic E-state index is -0.402. The molecule has 1 aromatic carbocycles. The Kier molecular flexibility index (Phi) is 2.88. The van der Waals surface area contributed by atoms with Crippen molar-refractivity contribution in [2.75, 3.05) is 5.73 Å². The lowest BCUT2D eigenvalue weighted by Gasteiger charge is -2.02. The summed E-state index contributed by atoms with van der Waals surface area (Å²) in [6.45, 7) is 1.81. The van der Waals surface area contributed by atoms with Gasteiger partial charge in [-0.1, -0.05) is 17.8 Å². The number of halogens is 1. The molecule has 0 saturated heterocycles. The molecule has 0 fully saturated rings. The Morgan fingerprint density at radius 3 is 2.93 bits per heavy atom. The van der Waals surface area contributed by atoms with Crippen LogP contribution in [0.2, 0.25) is 0 Å². The van der Waals surface area contributed by atoms with Crippen LogP contribution in [0.4, 0.5) is 10.1 Å². The maximum absolute atomic E-state index is 13.1. The molecule has 78 valence electrons. The van der Waals surface area contributed by atoms with Crippen LogP contribution >= 0.6 is 23.3 Å². The van der Waals surface area contributed by atoms with Crippen LogP contribution in [0.15, 0.2) is 27.4 Å². The van der Waals surface area contributed by atoms with Crippen LogP contribution in [0.5, 0.6) is 0 Å². The van der Waals surface area contributed by atoms with Gasteiger partial charge in [0.1, 0.15) is 11.6 Å². The number of nitrogens with two attached hydrogens (primary N) is 1. The number of nitrogen functional groups attached to an aromatic ring is 1. The number of hydrogen-bond donors (Lipinski definition) is 1. The van der Waals surface area contributed by atoms with Gasteiger partial charge in [0.15, 0.2) is 4.34 Å². The zero-order chi connectivity index (χ0) is 10.8. The smallest absolute Gasteiger partial charge is 0.174 e. The van der Waals surface area contributed by atoms with Crippen molar-refractivity contribution in [2.45, 2.75) is 16.2 Å². The Balaban J connectivity index is 2.28. The van der Waals surface area contributed by atoms with Crippen LogP contribution < -0.4 is 5.73 Å². The first-order valence-electron chi connectivity index (χ1n) is 4.19. The summed E-state index contributed by atoms with van der Waals surface area (Å²) in [7, 11) is 0. The molecule has 0 amide bonds. The molecule has 3 nitrogen and oxygen atoms in total. The highest BCUT2D eigenvalue weighted by Gasteiger charge is 2.08. The van der Waals surface area contributed by atoms with E-state index in [4.69, 9.17) is 5.73 Å². The third kappa shape index (κ3) is 2.27. The van der Waals surface area contributed by atoms with Crippen LogP contribution in [0.1, 0.15) is 5.82 Å². The highest BCUT2D eigenvalue weighted by Crippen LogP contribution is 2.33. The highest BCUT2D eigenvalue weighted by molar-refractivity contribution is 8.01. The lowest BCUT2D eigenvalue weighted by Crippen LogP contribution is -1.92. The Morgan fingerprint density at radius 1 is 1.47 bits per heavy atom. The minimum Gasteiger partial charge on any atom is -0.395 e. The van der Waals surface area contributed by atoms with Crippen molar-refractivity contribution in [3.8, 4) is 0 Å². The summed E-state index contributed by atoms with van der Waals surface area (Å²) in [5.74, 6) is 0.318. The van der Waals surface area contributed by atoms with E-state index in [-0.39, 0.29) is 5.69 Å². The summed E-state index contributed by atoms with van der Waals surface area (Å²) >= 11 is 2.61. The fraction of sp³-hybridized carbons (Fsp3) is 0.111. The van der Waals surface area contributed by atoms with Crippen LogP contribution in [-0.4, -0.2) is 9.36 Å². The predicted octanol–water partition coefficient (Wildman–Crippen LogP) is 2.72. The van der Waals surface area contributed by atoms with Gasteiger partial charge >= 0.3 is 0 Å². The minimum absolute atomic E-state index is 0.162. The SMILES string of the molecule is Cc1nsc(Sc2cccc(F)c2N)n1. The van der Waals surface area contributed by atoms with E-state index in [0.717, 1.165) is 10.2 Å². The molecule has 0 radical (unpaired) electrons. The lowest BCUT2D eigenvalue weighted by molar-refractivity contribution is 0.629. The summed E-state index contributed by atoms with van der Waals surface area (Å²) in [6, 6.07) is 4.73. The number of nitrogens with zero attached hydrogens (tertiary/aromatic N) is 2. The van der Waals surface area contributed by atoms with Gasteiger partial charge in [-0.3, -0.25) is 0 Å². The summed E-state index contributed by atoms with van der Waals surface area (Å²) in [6.07, 6.45) is 0. The average Bonchev–Trinajstić information content (AvgIpc) is 2.59. The fourth-order valence-electron chi connectivity index (χ4n) is 1.02. The van der Waals surface area contributed by atoms with Crippen LogP contribution in [-0.2, 0) is 0 Å². The van der Waals surface area contributed by atoms with Crippen molar-refractivity contribution in [1.82, 2.24) is 9.36 Å². The maximum Gasteiger partial charge on any atom is 0.174 e. The first kappa shape index (κ1) is 10.4. The van der Waals surface area contributed by atoms with Gasteiger partial charge in [0.25, 0.3) is 0 Å². The Labute approximate surface area is 94.7 Å². The second kappa shape index (κ2) is 4.16. The van der Waals surface area contributed by atoms with E-state index in [2.05, 4.69) is 9.36 Å². The van der Waals surface area contributed by atoms with Crippen LogP contribution in [0, 0.1) is 12.7 Å². The number of rotatable bonds is 2. The van der Waals surface area contributed by atoms with E-state index < -0.39 is 5.82 Å². The van der Waals surface area contributed by atoms with Crippen molar-refractivity contribution in [2.24, 2.45) is 0 Å². The van der Waals surface area contributed by atoms with Crippen LogP contribution in [0.25, 0.3) is 0 Å². The van der Waals surface area contributed by atoms with E-state index in [0.29, 0.717) is 4.90 Å². The number of aromatic nitrogens is 2. The maximum atomic E-state index is 13.1. The second-order valence-corrected chi connectivity index (χ2v) is 4.90. The number of anilines is 1. The quantitative estimate of drug-likeness (QED) is 0.821. The summed E-state index contributed by atoms with van der Waals surface area (Å²) < 4.78 is 17.9. The number of aryl methyl sites for hydroxylation is 1. The molecule has 0 aliphatic carbocycles. The van der Waals surface area contributed by atoms with Crippen molar-refractivity contribution in [3.63, 3.8) is 0 Å². The molecule has 0 aliphatic heterocycles. The topological polar surface area (TPSA) is 51.8 Å². The molecule has 0 saturated carbocycles. The molecule has 1 aromatic heterocycles. The predicted molar refractivity (Wildman–Crippen MR) is 59.6 cm³/mol. The molecule has 2 aromatic rings. The normalized spacial score (nSPS) is 10.5. The fourth-order valence-corrected chi connectivity index (χ4v) is 2.69. The Hall–Kier alpha value is -1.14. The molecule has 1 heterocycles. The molecule has 0 spiro atoms. The van der Waals surface area contributed by atoms with Crippen molar-refractivity contribution >= 4 is 29.0 Å². The molecule has 2 rings (SSSR count). The first-order chi connectivity index (χ1) is 7.16. The second-order valence-electron chi connectivity index (χ2n) is 2.86. The van der Waals surface area contributed by atoms with Crippen LogP contribution in [0.3, 0.4) is 0 Å². The zero-order valence-corrected chi connectivity index (χ0v) is 9.53. The molecule has 0 unspecified atom stereocenters. The van der Waals surface area contributed by atoms with Crippen molar-refractivity contribution in [1.29, 1.82) is 0 Å². The standard InChI is InChI=1S/C9H8FN3S2/c1-5-12-9(15-13-5)14-7-4-2-3-6(10)8(7)11/h2-4H,11H2,1H3. The number of benzene rings is 1. The Bertz CT molecular complexity index is 484. The molecular weight excluding hydrogens is 233 g/mol.